The van der Waals surface area contributed by atoms with E-state index in [0.717, 1.165) is 0 Å². The van der Waals surface area contributed by atoms with Crippen molar-refractivity contribution in [3.8, 4) is 0 Å². The summed E-state index contributed by atoms with van der Waals surface area (Å²) in [4.78, 5) is 11.8. The molecule has 0 unspecified atom stereocenters. The van der Waals surface area contributed by atoms with Crippen LogP contribution in [0.1, 0.15) is 32.8 Å². The summed E-state index contributed by atoms with van der Waals surface area (Å²) >= 11 is 4.77. The van der Waals surface area contributed by atoms with E-state index < -0.39 is 5.82 Å². The summed E-state index contributed by atoms with van der Waals surface area (Å²) in [6, 6.07) is 4.48. The van der Waals surface area contributed by atoms with Gasteiger partial charge in [0.2, 0.25) is 5.91 Å². The summed E-state index contributed by atoms with van der Waals surface area (Å²) in [5, 5.41) is 5.71. The molecule has 0 aliphatic carbocycles. The fourth-order valence-electron chi connectivity index (χ4n) is 1.60. The molecule has 0 aliphatic heterocycles. The van der Waals surface area contributed by atoms with Crippen LogP contribution >= 0.6 is 12.2 Å². The van der Waals surface area contributed by atoms with Crippen molar-refractivity contribution in [2.45, 2.75) is 32.7 Å². The quantitative estimate of drug-likeness (QED) is 0.729. The Balaban J connectivity index is 2.51. The minimum atomic E-state index is -0.438. The summed E-state index contributed by atoms with van der Waals surface area (Å²) in [5.41, 5.74) is 5.97. The van der Waals surface area contributed by atoms with Crippen LogP contribution in [0, 0.1) is 5.82 Å². The molecule has 1 amide bonds. The maximum Gasteiger partial charge on any atom is 0.222 e. The number of carbonyl (C=O) groups is 1. The van der Waals surface area contributed by atoms with E-state index in [-0.39, 0.29) is 22.9 Å². The van der Waals surface area contributed by atoms with Gasteiger partial charge >= 0.3 is 0 Å². The molecule has 20 heavy (non-hydrogen) atoms. The zero-order chi connectivity index (χ0) is 15.3. The zero-order valence-corrected chi connectivity index (χ0v) is 12.7. The van der Waals surface area contributed by atoms with Crippen molar-refractivity contribution in [1.82, 2.24) is 5.32 Å². The molecule has 0 radical (unpaired) electrons. The minimum Gasteiger partial charge on any atom is -0.389 e. The van der Waals surface area contributed by atoms with Gasteiger partial charge in [-0.15, -0.1) is 0 Å². The molecule has 1 aromatic rings. The summed E-state index contributed by atoms with van der Waals surface area (Å²) in [5.74, 6) is -0.517. The van der Waals surface area contributed by atoms with Crippen molar-refractivity contribution in [3.05, 3.63) is 29.6 Å². The van der Waals surface area contributed by atoms with Crippen LogP contribution in [0.3, 0.4) is 0 Å². The molecular formula is C14H20FN3OS. The number of halogens is 1. The first-order valence-electron chi connectivity index (χ1n) is 6.33. The number of carbonyl (C=O) groups excluding carboxylic acids is 1. The number of anilines is 1. The number of hydrogen-bond acceptors (Lipinski definition) is 3. The molecule has 0 bridgehead atoms. The van der Waals surface area contributed by atoms with Crippen molar-refractivity contribution >= 4 is 28.8 Å². The highest BCUT2D eigenvalue weighted by Crippen LogP contribution is 2.15. The van der Waals surface area contributed by atoms with Gasteiger partial charge in [0.1, 0.15) is 10.8 Å². The molecule has 4 N–H and O–H groups in total. The van der Waals surface area contributed by atoms with E-state index in [1.54, 1.807) is 12.1 Å². The van der Waals surface area contributed by atoms with Crippen molar-refractivity contribution in [1.29, 1.82) is 0 Å². The van der Waals surface area contributed by atoms with Gasteiger partial charge < -0.3 is 16.4 Å². The second-order valence-corrected chi connectivity index (χ2v) is 5.97. The van der Waals surface area contributed by atoms with Gasteiger partial charge in [-0.2, -0.15) is 0 Å². The lowest BCUT2D eigenvalue weighted by atomic mass is 10.1. The lowest BCUT2D eigenvalue weighted by Crippen LogP contribution is -2.41. The van der Waals surface area contributed by atoms with Gasteiger partial charge in [-0.3, -0.25) is 4.79 Å². The minimum absolute atomic E-state index is 0.0786. The van der Waals surface area contributed by atoms with Crippen LogP contribution in [0.15, 0.2) is 18.2 Å². The highest BCUT2D eigenvalue weighted by molar-refractivity contribution is 7.80. The smallest absolute Gasteiger partial charge is 0.222 e. The van der Waals surface area contributed by atoms with Crippen molar-refractivity contribution in [2.24, 2.45) is 5.73 Å². The van der Waals surface area contributed by atoms with E-state index in [2.05, 4.69) is 10.6 Å². The third-order valence-electron chi connectivity index (χ3n) is 2.44. The molecule has 0 atom stereocenters. The van der Waals surface area contributed by atoms with Crippen LogP contribution in [0.5, 0.6) is 0 Å². The van der Waals surface area contributed by atoms with Gasteiger partial charge in [-0.1, -0.05) is 12.2 Å². The molecule has 0 aliphatic rings. The van der Waals surface area contributed by atoms with Gasteiger partial charge in [-0.05, 0) is 39.0 Å². The Labute approximate surface area is 123 Å². The second-order valence-electron chi connectivity index (χ2n) is 5.53. The van der Waals surface area contributed by atoms with E-state index >= 15 is 0 Å². The zero-order valence-electron chi connectivity index (χ0n) is 11.9. The fourth-order valence-corrected chi connectivity index (χ4v) is 1.73. The average molecular weight is 297 g/mol. The number of hydrogen-bond donors (Lipinski definition) is 3. The lowest BCUT2D eigenvalue weighted by molar-refractivity contribution is -0.122. The molecule has 0 fully saturated rings. The number of nitrogens with one attached hydrogen (secondary N) is 2. The Hall–Kier alpha value is -1.69. The lowest BCUT2D eigenvalue weighted by Gasteiger charge is -2.20. The van der Waals surface area contributed by atoms with Gasteiger partial charge in [-0.25, -0.2) is 4.39 Å². The Kier molecular flexibility index (Phi) is 5.44. The number of amides is 1. The van der Waals surface area contributed by atoms with Gasteiger partial charge in [0.25, 0.3) is 0 Å². The fraction of sp³-hybridized carbons (Fsp3) is 0.429. The molecule has 0 aromatic heterocycles. The highest BCUT2D eigenvalue weighted by Gasteiger charge is 2.13. The Morgan fingerprint density at radius 2 is 2.05 bits per heavy atom. The van der Waals surface area contributed by atoms with Crippen LogP contribution in [0.2, 0.25) is 0 Å². The molecule has 0 saturated carbocycles. The molecule has 0 saturated heterocycles. The number of benzene rings is 1. The maximum atomic E-state index is 13.7. The van der Waals surface area contributed by atoms with E-state index in [1.807, 2.05) is 20.8 Å². The topological polar surface area (TPSA) is 67.2 Å². The summed E-state index contributed by atoms with van der Waals surface area (Å²) in [7, 11) is 0. The SMILES string of the molecule is CC(C)(C)NC(=O)CCNc1ccc(C(N)=S)cc1F. The van der Waals surface area contributed by atoms with Crippen LogP contribution in [0.25, 0.3) is 0 Å². The van der Waals surface area contributed by atoms with Crippen molar-refractivity contribution in [2.75, 3.05) is 11.9 Å². The second kappa shape index (κ2) is 6.65. The maximum absolute atomic E-state index is 13.7. The molecule has 4 nitrogen and oxygen atoms in total. The molecule has 6 heteroatoms. The summed E-state index contributed by atoms with van der Waals surface area (Å²) in [6.45, 7) is 6.08. The Morgan fingerprint density at radius 3 is 2.55 bits per heavy atom. The van der Waals surface area contributed by atoms with Crippen LogP contribution in [-0.4, -0.2) is 23.0 Å². The third kappa shape index (κ3) is 5.52. The molecule has 1 aromatic carbocycles. The van der Waals surface area contributed by atoms with Crippen LogP contribution in [0.4, 0.5) is 10.1 Å². The average Bonchev–Trinajstić information content (AvgIpc) is 2.28. The number of nitrogens with two attached hydrogens (primary N) is 1. The van der Waals surface area contributed by atoms with Gasteiger partial charge in [0, 0.05) is 24.1 Å². The predicted octanol–water partition coefficient (Wildman–Crippen LogP) is 2.18. The first-order valence-corrected chi connectivity index (χ1v) is 6.74. The molecule has 110 valence electrons. The molecular weight excluding hydrogens is 277 g/mol. The van der Waals surface area contributed by atoms with E-state index in [4.69, 9.17) is 18.0 Å². The summed E-state index contributed by atoms with van der Waals surface area (Å²) in [6.07, 6.45) is 0.272. The van der Waals surface area contributed by atoms with Gasteiger partial charge in [0.05, 0.1) is 5.69 Å². The normalized spacial score (nSPS) is 11.0. The van der Waals surface area contributed by atoms with E-state index in [1.165, 1.54) is 6.07 Å². The Morgan fingerprint density at radius 1 is 1.40 bits per heavy atom. The van der Waals surface area contributed by atoms with E-state index in [9.17, 15) is 9.18 Å². The van der Waals surface area contributed by atoms with E-state index in [0.29, 0.717) is 17.8 Å². The number of rotatable bonds is 5. The molecule has 0 spiro atoms. The third-order valence-corrected chi connectivity index (χ3v) is 2.67. The highest BCUT2D eigenvalue weighted by atomic mass is 32.1. The predicted molar refractivity (Wildman–Crippen MR) is 83.3 cm³/mol. The molecule has 0 heterocycles. The molecule has 1 rings (SSSR count). The van der Waals surface area contributed by atoms with Crippen molar-refractivity contribution in [3.63, 3.8) is 0 Å². The largest absolute Gasteiger partial charge is 0.389 e. The Bertz CT molecular complexity index is 512. The standard InChI is InChI=1S/C14H20FN3OS/c1-14(2,3)18-12(19)6-7-17-11-5-4-9(13(16)20)8-10(11)15/h4-5,8,17H,6-7H2,1-3H3,(H2,16,20)(H,18,19). The van der Waals surface area contributed by atoms with Crippen LogP contribution in [-0.2, 0) is 4.79 Å². The van der Waals surface area contributed by atoms with Crippen molar-refractivity contribution < 1.29 is 9.18 Å². The first kappa shape index (κ1) is 16.4. The van der Waals surface area contributed by atoms with Crippen LogP contribution < -0.4 is 16.4 Å². The first-order chi connectivity index (χ1) is 9.19. The summed E-state index contributed by atoms with van der Waals surface area (Å²) < 4.78 is 13.7. The monoisotopic (exact) mass is 297 g/mol. The van der Waals surface area contributed by atoms with Gasteiger partial charge in [0.15, 0.2) is 0 Å². The number of thiocarbonyl (C=S) groups is 1.